The number of carbonyl (C=O) groups excluding carboxylic acids is 1. The van der Waals surface area contributed by atoms with Gasteiger partial charge in [0, 0.05) is 11.4 Å². The van der Waals surface area contributed by atoms with Gasteiger partial charge in [-0.25, -0.2) is 14.7 Å². The Kier molecular flexibility index (Phi) is 6.67. The van der Waals surface area contributed by atoms with E-state index in [1.165, 1.54) is 24.1 Å². The molecule has 3 aromatic rings. The molecule has 4 rings (SSSR count). The standard InChI is InChI=1S/C15H13F3N4O3.C7H5N/c1-8-11(12(23)25-2)7-21-13(19-20-14(21)24)22(8)10-5-3-4-9(6-10)15(16,17)18;8-6-7-4-2-1-3-5-7/h3-6H,7H2,1-2H3,(H,20,24);1-5H. The zero-order valence-electron chi connectivity index (χ0n) is 17.6. The van der Waals surface area contributed by atoms with Crippen LogP contribution in [0.5, 0.6) is 0 Å². The molecule has 0 saturated heterocycles. The van der Waals surface area contributed by atoms with Gasteiger partial charge < -0.3 is 4.74 Å². The van der Waals surface area contributed by atoms with Crippen LogP contribution < -0.4 is 10.6 Å². The van der Waals surface area contributed by atoms with Crippen molar-refractivity contribution in [1.82, 2.24) is 14.8 Å². The van der Waals surface area contributed by atoms with Gasteiger partial charge in [0.05, 0.1) is 36.4 Å². The van der Waals surface area contributed by atoms with Crippen molar-refractivity contribution in [2.45, 2.75) is 19.6 Å². The van der Waals surface area contributed by atoms with E-state index in [1.54, 1.807) is 19.1 Å². The lowest BCUT2D eigenvalue weighted by Gasteiger charge is -2.30. The first-order valence-electron chi connectivity index (χ1n) is 9.53. The van der Waals surface area contributed by atoms with Crippen LogP contribution in [-0.4, -0.2) is 27.8 Å². The van der Waals surface area contributed by atoms with Crippen LogP contribution in [0.1, 0.15) is 18.1 Å². The molecule has 2 heterocycles. The average Bonchev–Trinajstić information content (AvgIpc) is 3.18. The molecule has 1 aliphatic heterocycles. The highest BCUT2D eigenvalue weighted by Crippen LogP contribution is 2.37. The van der Waals surface area contributed by atoms with Crippen LogP contribution in [0.4, 0.5) is 24.8 Å². The molecule has 1 aliphatic rings. The van der Waals surface area contributed by atoms with Gasteiger partial charge in [0.1, 0.15) is 0 Å². The van der Waals surface area contributed by atoms with Crippen molar-refractivity contribution >= 4 is 17.6 Å². The first-order chi connectivity index (χ1) is 15.7. The van der Waals surface area contributed by atoms with E-state index in [0.717, 1.165) is 16.7 Å². The molecular formula is C22H18F3N5O3. The van der Waals surface area contributed by atoms with Gasteiger partial charge in [0.15, 0.2) is 0 Å². The second-order valence-corrected chi connectivity index (χ2v) is 6.83. The Bertz CT molecular complexity index is 1290. The fourth-order valence-corrected chi connectivity index (χ4v) is 3.16. The smallest absolute Gasteiger partial charge is 0.416 e. The van der Waals surface area contributed by atoms with Gasteiger partial charge in [-0.1, -0.05) is 24.3 Å². The van der Waals surface area contributed by atoms with E-state index >= 15 is 0 Å². The molecule has 33 heavy (non-hydrogen) atoms. The Labute approximate surface area is 186 Å². The molecule has 170 valence electrons. The number of hydrogen-bond acceptors (Lipinski definition) is 6. The Morgan fingerprint density at radius 2 is 1.88 bits per heavy atom. The summed E-state index contributed by atoms with van der Waals surface area (Å²) in [5.41, 5.74) is -0.122. The predicted molar refractivity (Wildman–Crippen MR) is 112 cm³/mol. The number of fused-ring (bicyclic) bond motifs is 1. The summed E-state index contributed by atoms with van der Waals surface area (Å²) in [6, 6.07) is 15.7. The number of nitrogens with one attached hydrogen (secondary N) is 1. The molecule has 0 spiro atoms. The van der Waals surface area contributed by atoms with Crippen LogP contribution >= 0.6 is 0 Å². The lowest BCUT2D eigenvalue weighted by Crippen LogP contribution is -2.33. The number of anilines is 2. The minimum atomic E-state index is -4.53. The Balaban J connectivity index is 0.000000323. The van der Waals surface area contributed by atoms with E-state index in [9.17, 15) is 22.8 Å². The van der Waals surface area contributed by atoms with Gasteiger partial charge in [-0.05, 0) is 37.3 Å². The minimum absolute atomic E-state index is 0.0847. The molecule has 0 saturated carbocycles. The third-order valence-electron chi connectivity index (χ3n) is 4.79. The first-order valence-corrected chi connectivity index (χ1v) is 9.53. The van der Waals surface area contributed by atoms with E-state index < -0.39 is 23.4 Å². The number of esters is 1. The van der Waals surface area contributed by atoms with Crippen molar-refractivity contribution < 1.29 is 22.7 Å². The third kappa shape index (κ3) is 4.95. The van der Waals surface area contributed by atoms with Crippen molar-refractivity contribution in [3.63, 3.8) is 0 Å². The van der Waals surface area contributed by atoms with Crippen molar-refractivity contribution in [2.24, 2.45) is 0 Å². The highest BCUT2D eigenvalue weighted by atomic mass is 19.4. The van der Waals surface area contributed by atoms with Crippen LogP contribution in [-0.2, 0) is 22.3 Å². The maximum absolute atomic E-state index is 13.0. The van der Waals surface area contributed by atoms with Crippen molar-refractivity contribution in [3.05, 3.63) is 87.5 Å². The van der Waals surface area contributed by atoms with Gasteiger partial charge in [-0.15, -0.1) is 5.10 Å². The number of hydrogen-bond donors (Lipinski definition) is 1. The third-order valence-corrected chi connectivity index (χ3v) is 4.79. The van der Waals surface area contributed by atoms with Crippen molar-refractivity contribution in [2.75, 3.05) is 12.0 Å². The summed E-state index contributed by atoms with van der Waals surface area (Å²) in [5, 5.41) is 14.4. The summed E-state index contributed by atoms with van der Waals surface area (Å²) in [7, 11) is 1.19. The largest absolute Gasteiger partial charge is 0.466 e. The summed E-state index contributed by atoms with van der Waals surface area (Å²) in [6.45, 7) is 1.47. The second kappa shape index (κ2) is 9.44. The van der Waals surface area contributed by atoms with Gasteiger partial charge in [-0.3, -0.25) is 9.47 Å². The summed E-state index contributed by atoms with van der Waals surface area (Å²) in [5.74, 6) is -0.581. The molecule has 0 aliphatic carbocycles. The van der Waals surface area contributed by atoms with Crippen LogP contribution in [0.15, 0.2) is 70.7 Å². The highest BCUT2D eigenvalue weighted by molar-refractivity contribution is 5.91. The number of rotatable bonds is 2. The first kappa shape index (κ1) is 23.3. The molecule has 0 atom stereocenters. The van der Waals surface area contributed by atoms with E-state index in [4.69, 9.17) is 10.00 Å². The maximum Gasteiger partial charge on any atom is 0.416 e. The molecular weight excluding hydrogens is 439 g/mol. The highest BCUT2D eigenvalue weighted by Gasteiger charge is 2.34. The van der Waals surface area contributed by atoms with E-state index in [-0.39, 0.29) is 23.8 Å². The molecule has 0 amide bonds. The van der Waals surface area contributed by atoms with E-state index in [2.05, 4.69) is 10.2 Å². The molecule has 8 nitrogen and oxygen atoms in total. The number of nitriles is 1. The Morgan fingerprint density at radius 1 is 1.18 bits per heavy atom. The number of alkyl halides is 3. The molecule has 2 aromatic carbocycles. The zero-order valence-corrected chi connectivity index (χ0v) is 17.6. The van der Waals surface area contributed by atoms with Crippen molar-refractivity contribution in [1.29, 1.82) is 5.26 Å². The summed E-state index contributed by atoms with van der Waals surface area (Å²) in [6.07, 6.45) is -4.53. The number of methoxy groups -OCH3 is 1. The number of aromatic amines is 1. The zero-order chi connectivity index (χ0) is 24.2. The number of aromatic nitrogens is 3. The molecule has 0 radical (unpaired) electrons. The fourth-order valence-electron chi connectivity index (χ4n) is 3.16. The number of benzene rings is 2. The number of carbonyl (C=O) groups is 1. The molecule has 0 bridgehead atoms. The van der Waals surface area contributed by atoms with Crippen LogP contribution in [0.2, 0.25) is 0 Å². The van der Waals surface area contributed by atoms with Crippen LogP contribution in [0.3, 0.4) is 0 Å². The second-order valence-electron chi connectivity index (χ2n) is 6.83. The van der Waals surface area contributed by atoms with Crippen LogP contribution in [0, 0.1) is 11.3 Å². The summed E-state index contributed by atoms with van der Waals surface area (Å²) in [4.78, 5) is 25.2. The lowest BCUT2D eigenvalue weighted by atomic mass is 10.1. The Morgan fingerprint density at radius 3 is 2.45 bits per heavy atom. The number of allylic oxidation sites excluding steroid dienone is 1. The fraction of sp³-hybridized carbons (Fsp3) is 0.182. The molecule has 11 heteroatoms. The van der Waals surface area contributed by atoms with Gasteiger partial charge >= 0.3 is 17.8 Å². The van der Waals surface area contributed by atoms with Gasteiger partial charge in [-0.2, -0.15) is 18.4 Å². The number of halogens is 3. The number of ether oxygens (including phenoxy) is 1. The minimum Gasteiger partial charge on any atom is -0.466 e. The van der Waals surface area contributed by atoms with Gasteiger partial charge in [0.25, 0.3) is 0 Å². The number of H-pyrrole nitrogens is 1. The normalized spacial score (nSPS) is 12.9. The molecule has 1 aromatic heterocycles. The summed E-state index contributed by atoms with van der Waals surface area (Å²) >= 11 is 0. The predicted octanol–water partition coefficient (Wildman–Crippen LogP) is 3.75. The quantitative estimate of drug-likeness (QED) is 0.588. The van der Waals surface area contributed by atoms with Crippen molar-refractivity contribution in [3.8, 4) is 6.07 Å². The lowest BCUT2D eigenvalue weighted by molar-refractivity contribution is -0.138. The Hall–Kier alpha value is -4.33. The molecule has 0 unspecified atom stereocenters. The summed E-state index contributed by atoms with van der Waals surface area (Å²) < 4.78 is 44.9. The molecule has 0 fully saturated rings. The topological polar surface area (TPSA) is 104 Å². The van der Waals surface area contributed by atoms with Gasteiger partial charge in [0.2, 0.25) is 5.95 Å². The monoisotopic (exact) mass is 457 g/mol. The van der Waals surface area contributed by atoms with Crippen LogP contribution in [0.25, 0.3) is 0 Å². The number of nitrogens with zero attached hydrogens (tertiary/aromatic N) is 4. The molecule has 1 N–H and O–H groups in total. The van der Waals surface area contributed by atoms with E-state index in [0.29, 0.717) is 11.3 Å². The van der Waals surface area contributed by atoms with E-state index in [1.807, 2.05) is 24.3 Å². The maximum atomic E-state index is 13.0. The SMILES string of the molecule is COC(=O)C1=C(C)N(c2cccc(C(F)(F)F)c2)c2n[nH]c(=O)n2C1.N#Cc1ccccc1. The average molecular weight is 457 g/mol.